The van der Waals surface area contributed by atoms with Crippen LogP contribution < -0.4 is 10.1 Å². The summed E-state index contributed by atoms with van der Waals surface area (Å²) in [5.41, 5.74) is 2.86. The van der Waals surface area contributed by atoms with Crippen molar-refractivity contribution in [3.8, 4) is 5.75 Å². The normalized spacial score (nSPS) is 10.6. The molecule has 0 aromatic heterocycles. The van der Waals surface area contributed by atoms with E-state index in [0.717, 1.165) is 22.3 Å². The van der Waals surface area contributed by atoms with Gasteiger partial charge >= 0.3 is 0 Å². The van der Waals surface area contributed by atoms with Crippen LogP contribution in [-0.4, -0.2) is 19.1 Å². The first-order chi connectivity index (χ1) is 11.6. The summed E-state index contributed by atoms with van der Waals surface area (Å²) < 4.78 is 5.74. The lowest BCUT2D eigenvalue weighted by molar-refractivity contribution is 0.0946. The molecule has 0 aliphatic heterocycles. The van der Waals surface area contributed by atoms with Crippen LogP contribution in [0.15, 0.2) is 60.7 Å². The summed E-state index contributed by atoms with van der Waals surface area (Å²) in [4.78, 5) is 12.2. The van der Waals surface area contributed by atoms with Crippen LogP contribution in [0.25, 0.3) is 10.8 Å². The van der Waals surface area contributed by atoms with Gasteiger partial charge in [-0.3, -0.25) is 4.79 Å². The van der Waals surface area contributed by atoms with Crippen molar-refractivity contribution in [3.63, 3.8) is 0 Å². The summed E-state index contributed by atoms with van der Waals surface area (Å²) in [5, 5.41) is 5.24. The molecule has 3 heteroatoms. The van der Waals surface area contributed by atoms with Gasteiger partial charge in [-0.05, 0) is 48.4 Å². The second-order valence-electron chi connectivity index (χ2n) is 5.93. The lowest BCUT2D eigenvalue weighted by atomic mass is 10.1. The average Bonchev–Trinajstić information content (AvgIpc) is 2.58. The Balaban J connectivity index is 1.53. The lowest BCUT2D eigenvalue weighted by Crippen LogP contribution is -2.28. The number of hydrogen-bond acceptors (Lipinski definition) is 2. The number of amides is 1. The zero-order valence-corrected chi connectivity index (χ0v) is 14.0. The van der Waals surface area contributed by atoms with Gasteiger partial charge in [-0.25, -0.2) is 0 Å². The lowest BCUT2D eigenvalue weighted by Gasteiger charge is -2.10. The van der Waals surface area contributed by atoms with Crippen molar-refractivity contribution in [2.75, 3.05) is 13.2 Å². The van der Waals surface area contributed by atoms with Crippen molar-refractivity contribution in [3.05, 3.63) is 77.4 Å². The number of nitrogens with one attached hydrogen (secondary N) is 1. The molecule has 0 aliphatic rings. The summed E-state index contributed by atoms with van der Waals surface area (Å²) in [6, 6.07) is 20.0. The molecule has 0 fully saturated rings. The average molecular weight is 319 g/mol. The summed E-state index contributed by atoms with van der Waals surface area (Å²) in [5.74, 6) is 0.754. The molecular weight excluding hydrogens is 298 g/mol. The van der Waals surface area contributed by atoms with Gasteiger partial charge in [0.15, 0.2) is 0 Å². The Kier molecular flexibility index (Phi) is 4.80. The second kappa shape index (κ2) is 7.18. The largest absolute Gasteiger partial charge is 0.492 e. The van der Waals surface area contributed by atoms with E-state index in [1.54, 1.807) is 0 Å². The SMILES string of the molecule is Cc1ccc(C(=O)NCCOc2ccc3ccccc3c2)c(C)c1. The van der Waals surface area contributed by atoms with E-state index < -0.39 is 0 Å². The van der Waals surface area contributed by atoms with Gasteiger partial charge in [0.25, 0.3) is 5.91 Å². The third-order valence-electron chi connectivity index (χ3n) is 4.00. The van der Waals surface area contributed by atoms with E-state index in [4.69, 9.17) is 4.74 Å². The fraction of sp³-hybridized carbons (Fsp3) is 0.190. The first-order valence-corrected chi connectivity index (χ1v) is 8.10. The Morgan fingerprint density at radius 3 is 2.54 bits per heavy atom. The van der Waals surface area contributed by atoms with E-state index >= 15 is 0 Å². The van der Waals surface area contributed by atoms with Crippen LogP contribution in [0.3, 0.4) is 0 Å². The first kappa shape index (κ1) is 16.1. The smallest absolute Gasteiger partial charge is 0.251 e. The molecule has 0 radical (unpaired) electrons. The predicted octanol–water partition coefficient (Wildman–Crippen LogP) is 4.27. The highest BCUT2D eigenvalue weighted by Gasteiger charge is 2.08. The van der Waals surface area contributed by atoms with Crippen LogP contribution in [0.1, 0.15) is 21.5 Å². The molecular formula is C21H21NO2. The van der Waals surface area contributed by atoms with Gasteiger partial charge in [-0.2, -0.15) is 0 Å². The van der Waals surface area contributed by atoms with Crippen LogP contribution >= 0.6 is 0 Å². The molecule has 0 saturated carbocycles. The van der Waals surface area contributed by atoms with Gasteiger partial charge in [-0.15, -0.1) is 0 Å². The Labute approximate surface area is 142 Å². The van der Waals surface area contributed by atoms with Crippen molar-refractivity contribution in [1.82, 2.24) is 5.32 Å². The fourth-order valence-electron chi connectivity index (χ4n) is 2.75. The molecule has 0 aliphatic carbocycles. The molecule has 3 aromatic rings. The number of fused-ring (bicyclic) bond motifs is 1. The maximum Gasteiger partial charge on any atom is 0.251 e. The zero-order chi connectivity index (χ0) is 16.9. The van der Waals surface area contributed by atoms with Crippen molar-refractivity contribution < 1.29 is 9.53 Å². The Bertz CT molecular complexity index is 871. The van der Waals surface area contributed by atoms with Gasteiger partial charge in [0.05, 0.1) is 6.54 Å². The molecule has 0 unspecified atom stereocenters. The fourth-order valence-corrected chi connectivity index (χ4v) is 2.75. The Hall–Kier alpha value is -2.81. The number of benzene rings is 3. The molecule has 0 heterocycles. The summed E-state index contributed by atoms with van der Waals surface area (Å²) >= 11 is 0. The molecule has 24 heavy (non-hydrogen) atoms. The third-order valence-corrected chi connectivity index (χ3v) is 4.00. The van der Waals surface area contributed by atoms with Crippen LogP contribution in [0.4, 0.5) is 0 Å². The van der Waals surface area contributed by atoms with Crippen molar-refractivity contribution in [1.29, 1.82) is 0 Å². The highest BCUT2D eigenvalue weighted by atomic mass is 16.5. The molecule has 0 atom stereocenters. The molecule has 1 N–H and O–H groups in total. The van der Waals surface area contributed by atoms with E-state index in [9.17, 15) is 4.79 Å². The van der Waals surface area contributed by atoms with Gasteiger partial charge in [-0.1, -0.05) is 48.0 Å². The maximum absolute atomic E-state index is 12.2. The number of aryl methyl sites for hydroxylation is 2. The van der Waals surface area contributed by atoms with Crippen LogP contribution in [0.5, 0.6) is 5.75 Å². The van der Waals surface area contributed by atoms with Crippen LogP contribution in [-0.2, 0) is 0 Å². The van der Waals surface area contributed by atoms with Gasteiger partial charge in [0.2, 0.25) is 0 Å². The number of ether oxygens (including phenoxy) is 1. The van der Waals surface area contributed by atoms with E-state index in [-0.39, 0.29) is 5.91 Å². The molecule has 0 bridgehead atoms. The highest BCUT2D eigenvalue weighted by Crippen LogP contribution is 2.20. The molecule has 122 valence electrons. The number of rotatable bonds is 5. The van der Waals surface area contributed by atoms with E-state index in [1.807, 2.05) is 62.4 Å². The van der Waals surface area contributed by atoms with E-state index in [0.29, 0.717) is 18.7 Å². The molecule has 1 amide bonds. The highest BCUT2D eigenvalue weighted by molar-refractivity contribution is 5.95. The second-order valence-corrected chi connectivity index (χ2v) is 5.93. The number of carbonyl (C=O) groups excluding carboxylic acids is 1. The summed E-state index contributed by atoms with van der Waals surface area (Å²) in [6.07, 6.45) is 0. The monoisotopic (exact) mass is 319 g/mol. The minimum Gasteiger partial charge on any atom is -0.492 e. The minimum absolute atomic E-state index is 0.0605. The van der Waals surface area contributed by atoms with Gasteiger partial charge in [0, 0.05) is 5.56 Å². The summed E-state index contributed by atoms with van der Waals surface area (Å²) in [7, 11) is 0. The summed E-state index contributed by atoms with van der Waals surface area (Å²) in [6.45, 7) is 4.88. The zero-order valence-electron chi connectivity index (χ0n) is 14.0. The van der Waals surface area contributed by atoms with E-state index in [2.05, 4.69) is 17.4 Å². The molecule has 3 aromatic carbocycles. The molecule has 0 saturated heterocycles. The number of carbonyl (C=O) groups is 1. The van der Waals surface area contributed by atoms with Gasteiger partial charge < -0.3 is 10.1 Å². The van der Waals surface area contributed by atoms with Gasteiger partial charge in [0.1, 0.15) is 12.4 Å². The molecule has 3 rings (SSSR count). The predicted molar refractivity (Wildman–Crippen MR) is 97.7 cm³/mol. The van der Waals surface area contributed by atoms with Crippen LogP contribution in [0, 0.1) is 13.8 Å². The quantitative estimate of drug-likeness (QED) is 0.713. The van der Waals surface area contributed by atoms with E-state index in [1.165, 1.54) is 5.39 Å². The first-order valence-electron chi connectivity index (χ1n) is 8.10. The maximum atomic E-state index is 12.2. The van der Waals surface area contributed by atoms with Crippen LogP contribution in [0.2, 0.25) is 0 Å². The minimum atomic E-state index is -0.0605. The standard InChI is InChI=1S/C21H21NO2/c1-15-7-10-20(16(2)13-15)21(23)22-11-12-24-19-9-8-17-5-3-4-6-18(17)14-19/h3-10,13-14H,11-12H2,1-2H3,(H,22,23). The van der Waals surface area contributed by atoms with Crippen molar-refractivity contribution in [2.45, 2.75) is 13.8 Å². The molecule has 3 nitrogen and oxygen atoms in total. The molecule has 0 spiro atoms. The third kappa shape index (κ3) is 3.74. The topological polar surface area (TPSA) is 38.3 Å². The van der Waals surface area contributed by atoms with Crippen molar-refractivity contribution in [2.24, 2.45) is 0 Å². The number of hydrogen-bond donors (Lipinski definition) is 1. The Morgan fingerprint density at radius 1 is 0.958 bits per heavy atom. The Morgan fingerprint density at radius 2 is 1.75 bits per heavy atom. The van der Waals surface area contributed by atoms with Crippen molar-refractivity contribution >= 4 is 16.7 Å².